The third-order valence-electron chi connectivity index (χ3n) is 2.14. The van der Waals surface area contributed by atoms with E-state index in [2.05, 4.69) is 10.6 Å². The molecule has 96 valence electrons. The lowest BCUT2D eigenvalue weighted by Gasteiger charge is -2.26. The molecule has 1 aliphatic heterocycles. The Hall–Kier alpha value is -1.44. The van der Waals surface area contributed by atoms with Gasteiger partial charge in [0.05, 0.1) is 6.54 Å². The highest BCUT2D eigenvalue weighted by Crippen LogP contribution is 2.08. The Kier molecular flexibility index (Phi) is 5.61. The molecule has 1 aliphatic rings. The Labute approximate surface area is 103 Å². The maximum Gasteiger partial charge on any atom is 0.322 e. The van der Waals surface area contributed by atoms with E-state index in [1.165, 1.54) is 0 Å². The van der Waals surface area contributed by atoms with E-state index in [0.717, 1.165) is 11.5 Å². The second-order valence-electron chi connectivity index (χ2n) is 3.43. The molecule has 0 aliphatic carbocycles. The van der Waals surface area contributed by atoms with Crippen LogP contribution in [0.2, 0.25) is 0 Å². The molecule has 0 unspecified atom stereocenters. The summed E-state index contributed by atoms with van der Waals surface area (Å²) < 4.78 is 0. The van der Waals surface area contributed by atoms with E-state index in [4.69, 9.17) is 5.11 Å². The van der Waals surface area contributed by atoms with Crippen molar-refractivity contribution < 1.29 is 19.5 Å². The second-order valence-corrected chi connectivity index (χ2v) is 4.65. The number of hydrogen-bond donors (Lipinski definition) is 3. The van der Waals surface area contributed by atoms with Crippen molar-refractivity contribution in [2.45, 2.75) is 0 Å². The van der Waals surface area contributed by atoms with Crippen LogP contribution in [-0.2, 0) is 9.59 Å². The minimum absolute atomic E-state index is 0.199. The Bertz CT molecular complexity index is 305. The van der Waals surface area contributed by atoms with E-state index in [9.17, 15) is 14.4 Å². The van der Waals surface area contributed by atoms with Gasteiger partial charge in [-0.15, -0.1) is 0 Å². The van der Waals surface area contributed by atoms with Crippen molar-refractivity contribution in [3.05, 3.63) is 0 Å². The number of carboxylic acid groups (broad SMARTS) is 1. The van der Waals surface area contributed by atoms with Crippen molar-refractivity contribution in [2.24, 2.45) is 0 Å². The number of nitrogens with zero attached hydrogens (tertiary/aromatic N) is 1. The fourth-order valence-corrected chi connectivity index (χ4v) is 2.17. The van der Waals surface area contributed by atoms with Gasteiger partial charge in [0.15, 0.2) is 0 Å². The summed E-state index contributed by atoms with van der Waals surface area (Å²) in [5.74, 6) is 0.182. The Morgan fingerprint density at radius 2 is 1.76 bits per heavy atom. The standard InChI is InChI=1S/C9H15N3O4S/c13-7(10-6-8(14)15)5-11-9(16)12-1-3-17-4-2-12/h1-6H2,(H,10,13)(H,11,16)(H,14,15). The summed E-state index contributed by atoms with van der Waals surface area (Å²) in [4.78, 5) is 34.5. The highest BCUT2D eigenvalue weighted by Gasteiger charge is 2.16. The van der Waals surface area contributed by atoms with Crippen LogP contribution in [0.1, 0.15) is 0 Å². The van der Waals surface area contributed by atoms with Crippen molar-refractivity contribution in [1.82, 2.24) is 15.5 Å². The molecule has 3 amide bonds. The van der Waals surface area contributed by atoms with Gasteiger partial charge in [-0.25, -0.2) is 4.79 Å². The fraction of sp³-hybridized carbons (Fsp3) is 0.667. The SMILES string of the molecule is O=C(O)CNC(=O)CNC(=O)N1CCSCC1. The summed E-state index contributed by atoms with van der Waals surface area (Å²) in [7, 11) is 0. The Morgan fingerprint density at radius 1 is 1.12 bits per heavy atom. The van der Waals surface area contributed by atoms with Crippen LogP contribution in [0, 0.1) is 0 Å². The van der Waals surface area contributed by atoms with E-state index in [-0.39, 0.29) is 12.6 Å². The molecule has 0 spiro atoms. The molecule has 3 N–H and O–H groups in total. The summed E-state index contributed by atoms with van der Waals surface area (Å²) >= 11 is 1.79. The molecule has 0 aromatic carbocycles. The number of hydrogen-bond acceptors (Lipinski definition) is 4. The molecule has 8 heteroatoms. The smallest absolute Gasteiger partial charge is 0.322 e. The maximum atomic E-state index is 11.5. The second kappa shape index (κ2) is 7.00. The predicted molar refractivity (Wildman–Crippen MR) is 62.9 cm³/mol. The molecule has 1 saturated heterocycles. The molecule has 0 bridgehead atoms. The zero-order chi connectivity index (χ0) is 12.7. The van der Waals surface area contributed by atoms with Gasteiger partial charge in [-0.05, 0) is 0 Å². The first-order chi connectivity index (χ1) is 8.09. The normalized spacial score (nSPS) is 15.2. The topological polar surface area (TPSA) is 98.7 Å². The quantitative estimate of drug-likeness (QED) is 0.599. The number of nitrogens with one attached hydrogen (secondary N) is 2. The molecule has 1 fully saturated rings. The molecule has 0 radical (unpaired) electrons. The summed E-state index contributed by atoms with van der Waals surface area (Å²) in [5.41, 5.74) is 0. The molecular formula is C9H15N3O4S. The van der Waals surface area contributed by atoms with Gasteiger partial charge in [0.1, 0.15) is 6.54 Å². The van der Waals surface area contributed by atoms with Crippen LogP contribution in [0.3, 0.4) is 0 Å². The van der Waals surface area contributed by atoms with Gasteiger partial charge >= 0.3 is 12.0 Å². The van der Waals surface area contributed by atoms with Gasteiger partial charge in [-0.3, -0.25) is 9.59 Å². The number of rotatable bonds is 4. The molecule has 0 atom stereocenters. The van der Waals surface area contributed by atoms with Crippen LogP contribution in [0.15, 0.2) is 0 Å². The number of carboxylic acids is 1. The van der Waals surface area contributed by atoms with Gasteiger partial charge in [0.25, 0.3) is 0 Å². The van der Waals surface area contributed by atoms with Gasteiger partial charge in [-0.1, -0.05) is 0 Å². The molecule has 17 heavy (non-hydrogen) atoms. The summed E-state index contributed by atoms with van der Waals surface area (Å²) in [6.07, 6.45) is 0. The van der Waals surface area contributed by atoms with Crippen molar-refractivity contribution in [3.63, 3.8) is 0 Å². The molecule has 0 aromatic rings. The lowest BCUT2D eigenvalue weighted by atomic mass is 10.5. The lowest BCUT2D eigenvalue weighted by molar-refractivity contribution is -0.137. The molecule has 1 heterocycles. The summed E-state index contributed by atoms with van der Waals surface area (Å²) in [5, 5.41) is 12.9. The number of thioether (sulfide) groups is 1. The van der Waals surface area contributed by atoms with Crippen LogP contribution in [0.5, 0.6) is 0 Å². The van der Waals surface area contributed by atoms with Crippen molar-refractivity contribution >= 4 is 29.7 Å². The molecule has 0 saturated carbocycles. The van der Waals surface area contributed by atoms with Gasteiger partial charge in [0.2, 0.25) is 5.91 Å². The van der Waals surface area contributed by atoms with Gasteiger partial charge in [-0.2, -0.15) is 11.8 Å². The monoisotopic (exact) mass is 261 g/mol. The first kappa shape index (κ1) is 13.6. The fourth-order valence-electron chi connectivity index (χ4n) is 1.27. The van der Waals surface area contributed by atoms with Crippen molar-refractivity contribution in [2.75, 3.05) is 37.7 Å². The Balaban J connectivity index is 2.18. The summed E-state index contributed by atoms with van der Waals surface area (Å²) in [6, 6.07) is -0.282. The number of amides is 3. The van der Waals surface area contributed by atoms with Crippen LogP contribution >= 0.6 is 11.8 Å². The lowest BCUT2D eigenvalue weighted by Crippen LogP contribution is -2.47. The molecule has 1 rings (SSSR count). The van der Waals surface area contributed by atoms with Crippen molar-refractivity contribution in [1.29, 1.82) is 0 Å². The van der Waals surface area contributed by atoms with Crippen LogP contribution in [0.4, 0.5) is 4.79 Å². The largest absolute Gasteiger partial charge is 0.480 e. The van der Waals surface area contributed by atoms with E-state index < -0.39 is 18.4 Å². The molecule has 0 aromatic heterocycles. The number of urea groups is 1. The predicted octanol–water partition coefficient (Wildman–Crippen LogP) is -1.05. The number of carbonyl (C=O) groups excluding carboxylic acids is 2. The minimum Gasteiger partial charge on any atom is -0.480 e. The highest BCUT2D eigenvalue weighted by atomic mass is 32.2. The van der Waals surface area contributed by atoms with E-state index >= 15 is 0 Å². The first-order valence-electron chi connectivity index (χ1n) is 5.18. The average Bonchev–Trinajstić information content (AvgIpc) is 2.34. The first-order valence-corrected chi connectivity index (χ1v) is 6.34. The Morgan fingerprint density at radius 3 is 2.35 bits per heavy atom. The van der Waals surface area contributed by atoms with E-state index in [0.29, 0.717) is 13.1 Å². The zero-order valence-corrected chi connectivity index (χ0v) is 10.1. The summed E-state index contributed by atoms with van der Waals surface area (Å²) in [6.45, 7) is 0.714. The third-order valence-corrected chi connectivity index (χ3v) is 3.08. The van der Waals surface area contributed by atoms with E-state index in [1.807, 2.05) is 0 Å². The molecular weight excluding hydrogens is 246 g/mol. The van der Waals surface area contributed by atoms with Gasteiger partial charge in [0, 0.05) is 24.6 Å². The molecule has 7 nitrogen and oxygen atoms in total. The number of carbonyl (C=O) groups is 3. The van der Waals surface area contributed by atoms with Crippen LogP contribution in [0.25, 0.3) is 0 Å². The third kappa shape index (κ3) is 5.43. The number of aliphatic carboxylic acids is 1. The van der Waals surface area contributed by atoms with Crippen LogP contribution < -0.4 is 10.6 Å². The highest BCUT2D eigenvalue weighted by molar-refractivity contribution is 7.99. The van der Waals surface area contributed by atoms with Crippen molar-refractivity contribution in [3.8, 4) is 0 Å². The van der Waals surface area contributed by atoms with Crippen LogP contribution in [-0.4, -0.2) is 65.6 Å². The zero-order valence-electron chi connectivity index (χ0n) is 9.27. The van der Waals surface area contributed by atoms with E-state index in [1.54, 1.807) is 16.7 Å². The maximum absolute atomic E-state index is 11.5. The average molecular weight is 261 g/mol. The van der Waals surface area contributed by atoms with Gasteiger partial charge < -0.3 is 20.6 Å². The minimum atomic E-state index is -1.11.